The van der Waals surface area contributed by atoms with Gasteiger partial charge in [-0.25, -0.2) is 27.7 Å². The molecule has 1 aliphatic heterocycles. The fourth-order valence-corrected chi connectivity index (χ4v) is 6.41. The number of nitriles is 1. The van der Waals surface area contributed by atoms with Crippen LogP contribution in [0.2, 0.25) is 0 Å². The topological polar surface area (TPSA) is 182 Å². The van der Waals surface area contributed by atoms with E-state index in [1.165, 1.54) is 53.0 Å². The van der Waals surface area contributed by atoms with E-state index in [1.54, 1.807) is 43.5 Å². The molecule has 0 bridgehead atoms. The summed E-state index contributed by atoms with van der Waals surface area (Å²) in [6.07, 6.45) is 0.937. The number of β-amino-alcohol motifs (C(OH)–C–C–N with tert-alkyl or cyclic N) is 1. The second kappa shape index (κ2) is 14.8. The first-order chi connectivity index (χ1) is 23.7. The number of amides is 1. The van der Waals surface area contributed by atoms with E-state index in [0.717, 1.165) is 28.7 Å². The molecule has 3 heterocycles. The molecule has 3 atom stereocenters. The van der Waals surface area contributed by atoms with Gasteiger partial charge in [-0.05, 0) is 43.3 Å². The third-order valence-electron chi connectivity index (χ3n) is 7.99. The summed E-state index contributed by atoms with van der Waals surface area (Å²) in [6, 6.07) is 14.6. The molecule has 0 saturated carbocycles. The van der Waals surface area contributed by atoms with Crippen molar-refractivity contribution in [3.05, 3.63) is 99.5 Å². The molecule has 14 nitrogen and oxygen atoms in total. The number of carbonyl (C=O) groups excluding carboxylic acids is 1. The molecule has 1 amide bonds. The third-order valence-corrected chi connectivity index (χ3v) is 9.43. The summed E-state index contributed by atoms with van der Waals surface area (Å²) in [7, 11) is -3.40. The van der Waals surface area contributed by atoms with Crippen molar-refractivity contribution >= 4 is 40.0 Å². The van der Waals surface area contributed by atoms with Crippen molar-refractivity contribution in [2.75, 3.05) is 25.2 Å². The number of ether oxygens (including phenoxy) is 1. The highest BCUT2D eigenvalue weighted by Gasteiger charge is 2.43. The van der Waals surface area contributed by atoms with E-state index in [0.29, 0.717) is 16.3 Å². The Balaban J connectivity index is 1.31. The molecule has 0 aliphatic carbocycles. The minimum atomic E-state index is -4.75. The van der Waals surface area contributed by atoms with Gasteiger partial charge in [0.05, 0.1) is 35.5 Å². The number of pyridine rings is 1. The molecule has 0 radical (unpaired) electrons. The average Bonchev–Trinajstić information content (AvgIpc) is 3.78. The Hall–Kier alpha value is -5.06. The molecule has 2 N–H and O–H groups in total. The summed E-state index contributed by atoms with van der Waals surface area (Å²) in [4.78, 5) is 24.4. The van der Waals surface area contributed by atoms with Crippen LogP contribution in [0, 0.1) is 23.0 Å². The predicted molar refractivity (Wildman–Crippen MR) is 178 cm³/mol. The molecule has 0 saturated heterocycles. The van der Waals surface area contributed by atoms with Crippen LogP contribution in [0.4, 0.5) is 19.4 Å². The molecular formula is C32H31F2N7O7S2. The smallest absolute Gasteiger partial charge is 0.417 e. The van der Waals surface area contributed by atoms with Crippen LogP contribution in [0.5, 0.6) is 0 Å². The maximum Gasteiger partial charge on any atom is 0.417 e. The highest BCUT2D eigenvalue weighted by Crippen LogP contribution is 2.41. The van der Waals surface area contributed by atoms with Crippen molar-refractivity contribution in [3.8, 4) is 17.3 Å². The number of aliphatic hydroxyl groups is 1. The maximum atomic E-state index is 15.3. The maximum absolute atomic E-state index is 15.3. The van der Waals surface area contributed by atoms with E-state index in [2.05, 4.69) is 25.3 Å². The number of hydrogen-bond donors (Lipinski definition) is 2. The molecule has 0 spiro atoms. The van der Waals surface area contributed by atoms with E-state index in [4.69, 9.17) is 14.6 Å². The lowest BCUT2D eigenvalue weighted by Crippen LogP contribution is -2.46. The number of carbonyl (C=O) groups is 1. The highest BCUT2D eigenvalue weighted by atomic mass is 32.3. The SMILES string of the molecule is CC(OC(=O)N(C)c1ncccc1COS(=O)(=O)O)N1C=NN(C[C@](O)(c2cc(F)ccc2F)[C@@H](C)c2nc(-c3ccc(C#N)cc3)cs2)C1. The number of hydrazone groups is 1. The van der Waals surface area contributed by atoms with Crippen LogP contribution >= 0.6 is 11.3 Å². The normalized spacial score (nSPS) is 15.3. The standard InChI is InChI=1S/C32H31F2N7O7S2/c1-20(30-38-28(16-49-30)23-8-6-22(14-35)7-9-23)32(43,26-13-25(33)10-11-27(26)34)17-41-19-40(18-37-41)21(2)48-31(42)39(3)29-24(5-4-12-36-29)15-47-50(44,45)46/h4-13,16,18,20-21,43H,15,17,19H2,1-3H3,(H,44,45,46)/t20-,21?,32+/m0/s1. The molecule has 2 aromatic heterocycles. The zero-order chi connectivity index (χ0) is 36.2. The first-order valence-electron chi connectivity index (χ1n) is 14.9. The molecule has 1 aliphatic rings. The molecule has 0 fully saturated rings. The van der Waals surface area contributed by atoms with Crippen LogP contribution < -0.4 is 4.90 Å². The second-order valence-electron chi connectivity index (χ2n) is 11.3. The summed E-state index contributed by atoms with van der Waals surface area (Å²) in [5.74, 6) is -2.42. The summed E-state index contributed by atoms with van der Waals surface area (Å²) in [6.45, 7) is 2.29. The van der Waals surface area contributed by atoms with Crippen molar-refractivity contribution in [2.45, 2.75) is 38.2 Å². The van der Waals surface area contributed by atoms with E-state index in [9.17, 15) is 22.7 Å². The van der Waals surface area contributed by atoms with Crippen molar-refractivity contribution < 1.29 is 40.6 Å². The van der Waals surface area contributed by atoms with Crippen LogP contribution in [-0.4, -0.2) is 76.9 Å². The van der Waals surface area contributed by atoms with Gasteiger partial charge < -0.3 is 14.7 Å². The van der Waals surface area contributed by atoms with E-state index in [1.807, 2.05) is 0 Å². The molecule has 18 heteroatoms. The number of halogens is 2. The van der Waals surface area contributed by atoms with E-state index in [-0.39, 0.29) is 30.2 Å². The molecule has 5 rings (SSSR count). The van der Waals surface area contributed by atoms with E-state index >= 15 is 4.39 Å². The minimum absolute atomic E-state index is 0.0183. The highest BCUT2D eigenvalue weighted by molar-refractivity contribution is 7.80. The number of hydrogen-bond acceptors (Lipinski definition) is 13. The number of thiazole rings is 1. The van der Waals surface area contributed by atoms with Crippen LogP contribution in [0.1, 0.15) is 41.5 Å². The first kappa shape index (κ1) is 36.2. The first-order valence-corrected chi connectivity index (χ1v) is 17.1. The lowest BCUT2D eigenvalue weighted by atomic mass is 9.81. The van der Waals surface area contributed by atoms with Gasteiger partial charge in [0.1, 0.15) is 36.1 Å². The van der Waals surface area contributed by atoms with Gasteiger partial charge in [0, 0.05) is 41.2 Å². The summed E-state index contributed by atoms with van der Waals surface area (Å²) in [5.41, 5.74) is -0.362. The Morgan fingerprint density at radius 3 is 2.64 bits per heavy atom. The molecule has 262 valence electrons. The lowest BCUT2D eigenvalue weighted by molar-refractivity contribution is -0.0361. The average molecular weight is 728 g/mol. The fourth-order valence-electron chi connectivity index (χ4n) is 5.16. The molecule has 4 aromatic rings. The predicted octanol–water partition coefficient (Wildman–Crippen LogP) is 4.80. The van der Waals surface area contributed by atoms with Gasteiger partial charge in [-0.15, -0.1) is 11.3 Å². The Morgan fingerprint density at radius 1 is 1.20 bits per heavy atom. The van der Waals surface area contributed by atoms with Gasteiger partial charge in [0.15, 0.2) is 6.23 Å². The van der Waals surface area contributed by atoms with Gasteiger partial charge in [0.25, 0.3) is 0 Å². The largest absolute Gasteiger partial charge is 0.425 e. The van der Waals surface area contributed by atoms with Crippen LogP contribution in [0.3, 0.4) is 0 Å². The van der Waals surface area contributed by atoms with Gasteiger partial charge in [-0.1, -0.05) is 25.1 Å². The number of benzene rings is 2. The zero-order valence-corrected chi connectivity index (χ0v) is 28.5. The van der Waals surface area contributed by atoms with Gasteiger partial charge in [0.2, 0.25) is 0 Å². The van der Waals surface area contributed by atoms with Crippen molar-refractivity contribution in [3.63, 3.8) is 0 Å². The van der Waals surface area contributed by atoms with Crippen LogP contribution in [-0.2, 0) is 31.5 Å². The van der Waals surface area contributed by atoms with Gasteiger partial charge >= 0.3 is 16.5 Å². The molecule has 50 heavy (non-hydrogen) atoms. The van der Waals surface area contributed by atoms with Crippen molar-refractivity contribution in [1.82, 2.24) is 19.9 Å². The summed E-state index contributed by atoms with van der Waals surface area (Å²) < 4.78 is 70.8. The summed E-state index contributed by atoms with van der Waals surface area (Å²) >= 11 is 1.23. The third kappa shape index (κ3) is 8.21. The number of nitrogens with zero attached hydrogens (tertiary/aromatic N) is 7. The monoisotopic (exact) mass is 727 g/mol. The minimum Gasteiger partial charge on any atom is -0.425 e. The quantitative estimate of drug-likeness (QED) is 0.191. The fraction of sp³-hybridized carbons (Fsp3) is 0.281. The van der Waals surface area contributed by atoms with Gasteiger partial charge in [-0.2, -0.15) is 18.8 Å². The molecule has 2 aromatic carbocycles. The van der Waals surface area contributed by atoms with Crippen molar-refractivity contribution in [1.29, 1.82) is 5.26 Å². The number of aromatic nitrogens is 2. The lowest BCUT2D eigenvalue weighted by Gasteiger charge is -2.37. The number of anilines is 1. The Kier molecular flexibility index (Phi) is 10.7. The number of rotatable bonds is 12. The Bertz CT molecular complexity index is 2040. The van der Waals surface area contributed by atoms with Crippen LogP contribution in [0.25, 0.3) is 11.3 Å². The Labute approximate surface area is 290 Å². The van der Waals surface area contributed by atoms with Crippen molar-refractivity contribution in [2.24, 2.45) is 5.10 Å². The molecule has 1 unspecified atom stereocenters. The second-order valence-corrected chi connectivity index (χ2v) is 13.3. The Morgan fingerprint density at radius 2 is 1.94 bits per heavy atom. The zero-order valence-electron chi connectivity index (χ0n) is 26.8. The van der Waals surface area contributed by atoms with Gasteiger partial charge in [-0.3, -0.25) is 14.5 Å². The summed E-state index contributed by atoms with van der Waals surface area (Å²) in [5, 5.41) is 29.3. The van der Waals surface area contributed by atoms with Crippen LogP contribution in [0.15, 0.2) is 71.3 Å². The molecular weight excluding hydrogens is 697 g/mol. The van der Waals surface area contributed by atoms with E-state index < -0.39 is 52.5 Å².